The van der Waals surface area contributed by atoms with E-state index in [4.69, 9.17) is 0 Å². The summed E-state index contributed by atoms with van der Waals surface area (Å²) < 4.78 is 14.0. The Morgan fingerprint density at radius 1 is 1.04 bits per heavy atom. The van der Waals surface area contributed by atoms with Crippen LogP contribution in [0.25, 0.3) is 28.5 Å². The summed E-state index contributed by atoms with van der Waals surface area (Å²) in [6.07, 6.45) is 8.34. The first-order valence-electron chi connectivity index (χ1n) is 9.43. The van der Waals surface area contributed by atoms with Gasteiger partial charge in [-0.15, -0.1) is 0 Å². The predicted octanol–water partition coefficient (Wildman–Crippen LogP) is 5.82. The molecule has 2 aromatic carbocycles. The molecule has 2 N–H and O–H groups in total. The van der Waals surface area contributed by atoms with Crippen LogP contribution in [0.5, 0.6) is 5.75 Å². The Kier molecular flexibility index (Phi) is 6.56. The molecule has 144 valence electrons. The summed E-state index contributed by atoms with van der Waals surface area (Å²) in [5.41, 5.74) is 3.99. The maximum absolute atomic E-state index is 14.0. The molecule has 1 heterocycles. The van der Waals surface area contributed by atoms with E-state index in [-0.39, 0.29) is 11.9 Å². The molecule has 28 heavy (non-hydrogen) atoms. The molecule has 0 aliphatic carbocycles. The number of benzene rings is 2. The molecule has 0 radical (unpaired) electrons. The molecule has 0 saturated carbocycles. The smallest absolute Gasteiger partial charge is 0.134 e. The molecule has 1 atom stereocenters. The van der Waals surface area contributed by atoms with Gasteiger partial charge in [0.1, 0.15) is 11.6 Å². The molecule has 0 aliphatic rings. The minimum absolute atomic E-state index is 0.0945. The molecule has 3 rings (SSSR count). The Labute approximate surface area is 164 Å². The van der Waals surface area contributed by atoms with Gasteiger partial charge in [0, 0.05) is 29.0 Å². The van der Waals surface area contributed by atoms with Crippen molar-refractivity contribution in [1.29, 1.82) is 0 Å². The number of aliphatic hydroxyl groups is 1. The van der Waals surface area contributed by atoms with Gasteiger partial charge in [0.15, 0.2) is 0 Å². The number of pyridine rings is 1. The molecule has 3 aromatic rings. The highest BCUT2D eigenvalue weighted by molar-refractivity contribution is 5.68. The van der Waals surface area contributed by atoms with Crippen LogP contribution in [0.3, 0.4) is 0 Å². The van der Waals surface area contributed by atoms with E-state index < -0.39 is 5.82 Å². The molecule has 0 spiro atoms. The lowest BCUT2D eigenvalue weighted by molar-refractivity contribution is 0.182. The van der Waals surface area contributed by atoms with E-state index in [0.29, 0.717) is 11.1 Å². The largest absolute Gasteiger partial charge is 0.508 e. The van der Waals surface area contributed by atoms with Crippen molar-refractivity contribution in [3.05, 3.63) is 78.3 Å². The first kappa shape index (κ1) is 19.8. The fraction of sp³-hybridized carbons (Fsp3) is 0.208. The summed E-state index contributed by atoms with van der Waals surface area (Å²) in [6, 6.07) is 15.9. The molecule has 0 fully saturated rings. The third-order valence-electron chi connectivity index (χ3n) is 4.54. The number of allylic oxidation sites excluding steroid dienone is 1. The van der Waals surface area contributed by atoms with Gasteiger partial charge in [-0.3, -0.25) is 4.98 Å². The average molecular weight is 377 g/mol. The Bertz CT molecular complexity index is 932. The topological polar surface area (TPSA) is 53.4 Å². The zero-order chi connectivity index (χ0) is 19.9. The maximum atomic E-state index is 14.0. The van der Waals surface area contributed by atoms with Crippen LogP contribution in [0.15, 0.2) is 66.9 Å². The lowest BCUT2D eigenvalue weighted by atomic mass is 10.0. The number of nitrogens with zero attached hydrogens (tertiary/aromatic N) is 1. The number of halogens is 1. The summed E-state index contributed by atoms with van der Waals surface area (Å²) in [4.78, 5) is 4.45. The highest BCUT2D eigenvalue weighted by atomic mass is 19.1. The average Bonchev–Trinajstić information content (AvgIpc) is 2.68. The highest BCUT2D eigenvalue weighted by Crippen LogP contribution is 2.27. The van der Waals surface area contributed by atoms with E-state index >= 15 is 0 Å². The SMILES string of the molecule is CC(O)CCC/C=C/c1ccc(-c2ccc(-c3ccc(O)cc3F)cn2)cc1. The Morgan fingerprint density at radius 3 is 2.43 bits per heavy atom. The van der Waals surface area contributed by atoms with Gasteiger partial charge >= 0.3 is 0 Å². The molecule has 0 aliphatic heterocycles. The maximum Gasteiger partial charge on any atom is 0.134 e. The predicted molar refractivity (Wildman–Crippen MR) is 111 cm³/mol. The molecule has 1 unspecified atom stereocenters. The second-order valence-electron chi connectivity index (χ2n) is 6.90. The fourth-order valence-corrected chi connectivity index (χ4v) is 2.98. The van der Waals surface area contributed by atoms with E-state index in [1.165, 1.54) is 6.07 Å². The lowest BCUT2D eigenvalue weighted by Gasteiger charge is -2.06. The summed E-state index contributed by atoms with van der Waals surface area (Å²) >= 11 is 0. The van der Waals surface area contributed by atoms with Crippen molar-refractivity contribution >= 4 is 6.08 Å². The van der Waals surface area contributed by atoms with Gasteiger partial charge in [-0.1, -0.05) is 42.5 Å². The Hall–Kier alpha value is -2.98. The molecule has 0 amide bonds. The van der Waals surface area contributed by atoms with Crippen molar-refractivity contribution in [2.45, 2.75) is 32.3 Å². The van der Waals surface area contributed by atoms with Gasteiger partial charge in [-0.05, 0) is 49.9 Å². The number of unbranched alkanes of at least 4 members (excludes halogenated alkanes) is 1. The zero-order valence-corrected chi connectivity index (χ0v) is 15.8. The van der Waals surface area contributed by atoms with Crippen molar-refractivity contribution < 1.29 is 14.6 Å². The number of aliphatic hydroxyl groups excluding tert-OH is 1. The fourth-order valence-electron chi connectivity index (χ4n) is 2.98. The molecule has 1 aromatic heterocycles. The first-order valence-corrected chi connectivity index (χ1v) is 9.43. The van der Waals surface area contributed by atoms with Gasteiger partial charge in [0.2, 0.25) is 0 Å². The van der Waals surface area contributed by atoms with E-state index in [2.05, 4.69) is 17.1 Å². The van der Waals surface area contributed by atoms with E-state index in [1.807, 2.05) is 43.3 Å². The Balaban J connectivity index is 1.66. The van der Waals surface area contributed by atoms with Crippen LogP contribution in [0.4, 0.5) is 4.39 Å². The van der Waals surface area contributed by atoms with Crippen molar-refractivity contribution in [3.8, 4) is 28.1 Å². The van der Waals surface area contributed by atoms with Crippen LogP contribution in [0, 0.1) is 5.82 Å². The number of aromatic nitrogens is 1. The van der Waals surface area contributed by atoms with E-state index in [1.54, 1.807) is 12.3 Å². The number of rotatable bonds is 7. The standard InChI is InChI=1S/C24H24FNO2/c1-17(27)5-3-2-4-6-18-7-9-19(10-8-18)24-14-11-20(16-26-24)22-13-12-21(28)15-23(22)25/h4,6-17,27-28H,2-3,5H2,1H3/b6-4+. The Morgan fingerprint density at radius 2 is 1.79 bits per heavy atom. The summed E-state index contributed by atoms with van der Waals surface area (Å²) in [5.74, 6) is -0.568. The molecule has 3 nitrogen and oxygen atoms in total. The minimum atomic E-state index is -0.473. The first-order chi connectivity index (χ1) is 13.5. The third-order valence-corrected chi connectivity index (χ3v) is 4.54. The number of phenols is 1. The van der Waals surface area contributed by atoms with Crippen molar-refractivity contribution in [1.82, 2.24) is 4.98 Å². The second kappa shape index (κ2) is 9.29. The molecular weight excluding hydrogens is 353 g/mol. The molecule has 0 saturated heterocycles. The molecule has 0 bridgehead atoms. The van der Waals surface area contributed by atoms with Crippen LogP contribution >= 0.6 is 0 Å². The van der Waals surface area contributed by atoms with Gasteiger partial charge < -0.3 is 10.2 Å². The van der Waals surface area contributed by atoms with Crippen LogP contribution in [0.2, 0.25) is 0 Å². The van der Waals surface area contributed by atoms with Crippen LogP contribution < -0.4 is 0 Å². The van der Waals surface area contributed by atoms with E-state index in [0.717, 1.165) is 42.1 Å². The van der Waals surface area contributed by atoms with Crippen molar-refractivity contribution in [3.63, 3.8) is 0 Å². The molecule has 4 heteroatoms. The number of hydrogen-bond donors (Lipinski definition) is 2. The summed E-state index contributed by atoms with van der Waals surface area (Å²) in [5, 5.41) is 18.6. The zero-order valence-electron chi connectivity index (χ0n) is 15.8. The van der Waals surface area contributed by atoms with Crippen LogP contribution in [-0.4, -0.2) is 21.3 Å². The second-order valence-corrected chi connectivity index (χ2v) is 6.90. The third kappa shape index (κ3) is 5.27. The van der Waals surface area contributed by atoms with Crippen molar-refractivity contribution in [2.75, 3.05) is 0 Å². The van der Waals surface area contributed by atoms with Crippen LogP contribution in [0.1, 0.15) is 31.7 Å². The quantitative estimate of drug-likeness (QED) is 0.510. The van der Waals surface area contributed by atoms with Gasteiger partial charge in [0.05, 0.1) is 11.8 Å². The van der Waals surface area contributed by atoms with Gasteiger partial charge in [0.25, 0.3) is 0 Å². The highest BCUT2D eigenvalue weighted by Gasteiger charge is 2.07. The minimum Gasteiger partial charge on any atom is -0.508 e. The van der Waals surface area contributed by atoms with Crippen molar-refractivity contribution in [2.24, 2.45) is 0 Å². The lowest BCUT2D eigenvalue weighted by Crippen LogP contribution is -1.97. The molecular formula is C24H24FNO2. The monoisotopic (exact) mass is 377 g/mol. The van der Waals surface area contributed by atoms with Gasteiger partial charge in [-0.25, -0.2) is 4.39 Å². The summed E-state index contributed by atoms with van der Waals surface area (Å²) in [6.45, 7) is 1.81. The number of hydrogen-bond acceptors (Lipinski definition) is 3. The summed E-state index contributed by atoms with van der Waals surface area (Å²) in [7, 11) is 0. The van der Waals surface area contributed by atoms with E-state index in [9.17, 15) is 14.6 Å². The number of aromatic hydroxyl groups is 1. The normalized spacial score (nSPS) is 12.4. The number of phenolic OH excluding ortho intramolecular Hbond substituents is 1. The van der Waals surface area contributed by atoms with Crippen LogP contribution in [-0.2, 0) is 0 Å². The van der Waals surface area contributed by atoms with Gasteiger partial charge in [-0.2, -0.15) is 0 Å².